The minimum Gasteiger partial charge on any atom is -0.382 e. The topological polar surface area (TPSA) is 145 Å². The van der Waals surface area contributed by atoms with Crippen molar-refractivity contribution < 1.29 is 4.92 Å². The lowest BCUT2D eigenvalue weighted by Gasteiger charge is -2.11. The van der Waals surface area contributed by atoms with E-state index in [-0.39, 0.29) is 11.5 Å². The first-order valence-electron chi connectivity index (χ1n) is 9.06. The van der Waals surface area contributed by atoms with Gasteiger partial charge in [-0.3, -0.25) is 15.1 Å². The lowest BCUT2D eigenvalue weighted by molar-refractivity contribution is -0.384. The summed E-state index contributed by atoms with van der Waals surface area (Å²) < 4.78 is 0. The van der Waals surface area contributed by atoms with Crippen LogP contribution in [0.25, 0.3) is 11.4 Å². The molecule has 0 fully saturated rings. The molecule has 0 atom stereocenters. The summed E-state index contributed by atoms with van der Waals surface area (Å²) in [6.07, 6.45) is 5.28. The Balaban J connectivity index is 1.94. The van der Waals surface area contributed by atoms with Crippen LogP contribution in [0.1, 0.15) is 19.8 Å². The summed E-state index contributed by atoms with van der Waals surface area (Å²) in [6, 6.07) is 9.33. The Bertz CT molecular complexity index is 1010. The summed E-state index contributed by atoms with van der Waals surface area (Å²) in [4.78, 5) is 23.2. The molecule has 10 nitrogen and oxygen atoms in total. The number of pyridine rings is 1. The van der Waals surface area contributed by atoms with Gasteiger partial charge in [0.15, 0.2) is 23.1 Å². The largest absolute Gasteiger partial charge is 0.382 e. The summed E-state index contributed by atoms with van der Waals surface area (Å²) in [7, 11) is 0. The Morgan fingerprint density at radius 3 is 2.48 bits per heavy atom. The van der Waals surface area contributed by atoms with Gasteiger partial charge in [-0.25, -0.2) is 9.97 Å². The van der Waals surface area contributed by atoms with Gasteiger partial charge in [-0.1, -0.05) is 13.3 Å². The van der Waals surface area contributed by atoms with Gasteiger partial charge in [0.05, 0.1) is 10.6 Å². The third kappa shape index (κ3) is 5.06. The highest BCUT2D eigenvalue weighted by molar-refractivity contribution is 5.75. The first-order valence-corrected chi connectivity index (χ1v) is 9.06. The molecular formula is C19H20N8O2. The van der Waals surface area contributed by atoms with Gasteiger partial charge in [-0.2, -0.15) is 5.11 Å². The summed E-state index contributed by atoms with van der Waals surface area (Å²) in [6.45, 7) is 2.79. The third-order valence-electron chi connectivity index (χ3n) is 4.00. The van der Waals surface area contributed by atoms with Crippen LogP contribution in [-0.2, 0) is 0 Å². The number of nitro benzene ring substituents is 1. The number of azo groups is 1. The fourth-order valence-electron chi connectivity index (χ4n) is 2.46. The Labute approximate surface area is 167 Å². The second-order valence-electron chi connectivity index (χ2n) is 6.12. The number of hydrogen-bond acceptors (Lipinski definition) is 9. The highest BCUT2D eigenvalue weighted by Gasteiger charge is 2.14. The molecule has 0 bridgehead atoms. The Morgan fingerprint density at radius 2 is 1.83 bits per heavy atom. The number of rotatable bonds is 8. The molecule has 0 unspecified atom stereocenters. The van der Waals surface area contributed by atoms with E-state index in [1.54, 1.807) is 24.5 Å². The number of non-ortho nitro benzene ring substituents is 1. The van der Waals surface area contributed by atoms with E-state index in [9.17, 15) is 10.1 Å². The third-order valence-corrected chi connectivity index (χ3v) is 4.00. The summed E-state index contributed by atoms with van der Waals surface area (Å²) in [5, 5.41) is 22.3. The second kappa shape index (κ2) is 9.31. The van der Waals surface area contributed by atoms with Crippen LogP contribution in [0.5, 0.6) is 0 Å². The van der Waals surface area contributed by atoms with Gasteiger partial charge >= 0.3 is 0 Å². The Hall–Kier alpha value is -3.95. The average molecular weight is 392 g/mol. The lowest BCUT2D eigenvalue weighted by Crippen LogP contribution is -2.07. The molecular weight excluding hydrogens is 372 g/mol. The molecule has 0 aliphatic heterocycles. The maximum atomic E-state index is 10.8. The number of hydrogen-bond donors (Lipinski definition) is 2. The minimum atomic E-state index is -0.472. The molecule has 0 radical (unpaired) electrons. The van der Waals surface area contributed by atoms with Gasteiger partial charge in [0.25, 0.3) is 5.69 Å². The van der Waals surface area contributed by atoms with E-state index in [4.69, 9.17) is 5.73 Å². The van der Waals surface area contributed by atoms with Crippen LogP contribution in [0.15, 0.2) is 59.0 Å². The quantitative estimate of drug-likeness (QED) is 0.245. The molecule has 3 rings (SSSR count). The van der Waals surface area contributed by atoms with E-state index in [1.165, 1.54) is 24.3 Å². The van der Waals surface area contributed by atoms with E-state index in [0.29, 0.717) is 29.6 Å². The number of nitro groups is 1. The van der Waals surface area contributed by atoms with Gasteiger partial charge < -0.3 is 11.1 Å². The van der Waals surface area contributed by atoms with Crippen molar-refractivity contribution in [3.8, 4) is 11.4 Å². The van der Waals surface area contributed by atoms with Crippen LogP contribution in [0.2, 0.25) is 0 Å². The SMILES string of the molecule is CCCCNc1nc(-c2ccncc2)nc(N)c1N=Nc1ccc([N+](=O)[O-])cc1. The molecule has 29 heavy (non-hydrogen) atoms. The highest BCUT2D eigenvalue weighted by Crippen LogP contribution is 2.33. The van der Waals surface area contributed by atoms with Crippen molar-refractivity contribution in [3.05, 3.63) is 58.9 Å². The number of nitrogens with one attached hydrogen (secondary N) is 1. The molecule has 0 aliphatic rings. The molecule has 0 saturated carbocycles. The standard InChI is InChI=1S/C19H20N8O2/c1-2-3-10-22-19-16(26-25-14-4-6-15(7-5-14)27(28)29)17(20)23-18(24-19)13-8-11-21-12-9-13/h4-9,11-12H,2-3,10H2,1H3,(H3,20,22,23,24). The van der Waals surface area contributed by atoms with Gasteiger partial charge in [0.1, 0.15) is 0 Å². The van der Waals surface area contributed by atoms with Crippen LogP contribution >= 0.6 is 0 Å². The first-order chi connectivity index (χ1) is 14.1. The van der Waals surface area contributed by atoms with E-state index in [2.05, 4.69) is 37.4 Å². The number of nitrogens with zero attached hydrogens (tertiary/aromatic N) is 6. The zero-order valence-electron chi connectivity index (χ0n) is 15.8. The van der Waals surface area contributed by atoms with Crippen LogP contribution < -0.4 is 11.1 Å². The van der Waals surface area contributed by atoms with Gasteiger partial charge in [-0.05, 0) is 30.7 Å². The smallest absolute Gasteiger partial charge is 0.269 e. The van der Waals surface area contributed by atoms with Gasteiger partial charge in [0, 0.05) is 36.6 Å². The van der Waals surface area contributed by atoms with Gasteiger partial charge in [-0.15, -0.1) is 5.11 Å². The van der Waals surface area contributed by atoms with Crippen LogP contribution in [-0.4, -0.2) is 26.4 Å². The molecule has 10 heteroatoms. The van der Waals surface area contributed by atoms with Crippen molar-refractivity contribution in [3.63, 3.8) is 0 Å². The van der Waals surface area contributed by atoms with Crippen LogP contribution in [0.4, 0.5) is 28.7 Å². The van der Waals surface area contributed by atoms with E-state index in [0.717, 1.165) is 18.4 Å². The normalized spacial score (nSPS) is 10.9. The number of unbranched alkanes of at least 4 members (excludes halogenated alkanes) is 1. The van der Waals surface area contributed by atoms with Gasteiger partial charge in [0.2, 0.25) is 0 Å². The Morgan fingerprint density at radius 1 is 1.10 bits per heavy atom. The monoisotopic (exact) mass is 392 g/mol. The number of nitrogens with two attached hydrogens (primary N) is 1. The molecule has 148 valence electrons. The maximum absolute atomic E-state index is 10.8. The fraction of sp³-hybridized carbons (Fsp3) is 0.211. The summed E-state index contributed by atoms with van der Waals surface area (Å²) in [5.41, 5.74) is 7.67. The molecule has 3 aromatic rings. The van der Waals surface area contributed by atoms with Crippen molar-refractivity contribution in [2.75, 3.05) is 17.6 Å². The predicted molar refractivity (Wildman–Crippen MR) is 110 cm³/mol. The highest BCUT2D eigenvalue weighted by atomic mass is 16.6. The zero-order chi connectivity index (χ0) is 20.6. The number of anilines is 2. The van der Waals surface area contributed by atoms with Crippen molar-refractivity contribution in [2.24, 2.45) is 10.2 Å². The van der Waals surface area contributed by atoms with Crippen molar-refractivity contribution in [1.82, 2.24) is 15.0 Å². The average Bonchev–Trinajstić information content (AvgIpc) is 2.74. The second-order valence-corrected chi connectivity index (χ2v) is 6.12. The molecule has 0 amide bonds. The van der Waals surface area contributed by atoms with E-state index >= 15 is 0 Å². The lowest BCUT2D eigenvalue weighted by atomic mass is 10.2. The Kier molecular flexibility index (Phi) is 6.36. The molecule has 3 N–H and O–H groups in total. The van der Waals surface area contributed by atoms with Crippen molar-refractivity contribution in [2.45, 2.75) is 19.8 Å². The maximum Gasteiger partial charge on any atom is 0.269 e. The summed E-state index contributed by atoms with van der Waals surface area (Å²) in [5.74, 6) is 1.11. The number of aromatic nitrogens is 3. The van der Waals surface area contributed by atoms with Crippen molar-refractivity contribution in [1.29, 1.82) is 0 Å². The minimum absolute atomic E-state index is 0.0181. The molecule has 2 aromatic heterocycles. The number of benzene rings is 1. The van der Waals surface area contributed by atoms with Crippen molar-refractivity contribution >= 4 is 28.7 Å². The van der Waals surface area contributed by atoms with Crippen LogP contribution in [0, 0.1) is 10.1 Å². The molecule has 1 aromatic carbocycles. The van der Waals surface area contributed by atoms with E-state index < -0.39 is 4.92 Å². The first kappa shape index (κ1) is 19.8. The molecule has 0 aliphatic carbocycles. The van der Waals surface area contributed by atoms with Crippen LogP contribution in [0.3, 0.4) is 0 Å². The summed E-state index contributed by atoms with van der Waals surface area (Å²) >= 11 is 0. The van der Waals surface area contributed by atoms with E-state index in [1.807, 2.05) is 0 Å². The number of nitrogen functional groups attached to an aromatic ring is 1. The molecule has 2 heterocycles. The zero-order valence-corrected chi connectivity index (χ0v) is 15.8. The predicted octanol–water partition coefficient (Wildman–Crippen LogP) is 4.66. The fourth-order valence-corrected chi connectivity index (χ4v) is 2.46. The molecule has 0 saturated heterocycles. The molecule has 0 spiro atoms.